The zero-order valence-corrected chi connectivity index (χ0v) is 16.9. The number of H-pyrrole nitrogens is 1. The first kappa shape index (κ1) is 22.0. The van der Waals surface area contributed by atoms with Gasteiger partial charge in [0.1, 0.15) is 0 Å². The molecule has 4 nitrogen and oxygen atoms in total. The topological polar surface area (TPSA) is 58.9 Å². The Hall–Kier alpha value is -1.06. The lowest BCUT2D eigenvalue weighted by Crippen LogP contribution is -2.26. The van der Waals surface area contributed by atoms with Crippen LogP contribution in [-0.2, 0) is 5.41 Å². The molecule has 0 amide bonds. The molecule has 1 aromatic rings. The number of unbranched alkanes of at least 4 members (excludes halogenated alkanes) is 11. The minimum absolute atomic E-state index is 0.0232. The highest BCUT2D eigenvalue weighted by Gasteiger charge is 2.32. The van der Waals surface area contributed by atoms with E-state index in [1.165, 1.54) is 77.0 Å². The molecule has 0 aliphatic heterocycles. The fourth-order valence-electron chi connectivity index (χ4n) is 3.82. The van der Waals surface area contributed by atoms with E-state index >= 15 is 0 Å². The third-order valence-corrected chi connectivity index (χ3v) is 5.81. The second-order valence-electron chi connectivity index (χ2n) is 7.57. The van der Waals surface area contributed by atoms with Gasteiger partial charge in [-0.25, -0.2) is 4.79 Å². The summed E-state index contributed by atoms with van der Waals surface area (Å²) in [6.45, 7) is 6.63. The standard InChI is InChI=1S/C21H40N2O2/c1-4-7-8-9-10-11-12-13-14-15-16-17-18-21(5-2,6-3)19-22-20(24)25-23-19/h4-18H2,1-3H3,(H,22,23,24). The Morgan fingerprint density at radius 2 is 1.28 bits per heavy atom. The van der Waals surface area contributed by atoms with Crippen LogP contribution in [0.25, 0.3) is 0 Å². The van der Waals surface area contributed by atoms with Crippen LogP contribution in [0.15, 0.2) is 9.32 Å². The summed E-state index contributed by atoms with van der Waals surface area (Å²) in [4.78, 5) is 14.0. The van der Waals surface area contributed by atoms with Crippen molar-refractivity contribution in [3.8, 4) is 0 Å². The van der Waals surface area contributed by atoms with Crippen LogP contribution in [0.1, 0.15) is 123 Å². The first-order chi connectivity index (χ1) is 12.2. The molecule has 0 saturated heterocycles. The van der Waals surface area contributed by atoms with Gasteiger partial charge in [-0.3, -0.25) is 9.51 Å². The molecule has 1 N–H and O–H groups in total. The fourth-order valence-corrected chi connectivity index (χ4v) is 3.82. The van der Waals surface area contributed by atoms with Crippen LogP contribution >= 0.6 is 0 Å². The zero-order chi connectivity index (χ0) is 18.4. The zero-order valence-electron chi connectivity index (χ0n) is 16.9. The number of aromatic nitrogens is 2. The van der Waals surface area contributed by atoms with Crippen LogP contribution in [0.2, 0.25) is 0 Å². The maximum atomic E-state index is 11.3. The molecular weight excluding hydrogens is 312 g/mol. The fraction of sp³-hybridized carbons (Fsp3) is 0.905. The lowest BCUT2D eigenvalue weighted by Gasteiger charge is -2.28. The van der Waals surface area contributed by atoms with Crippen LogP contribution in [-0.4, -0.2) is 10.1 Å². The predicted octanol–water partition coefficient (Wildman–Crippen LogP) is 6.51. The summed E-state index contributed by atoms with van der Waals surface area (Å²) in [5, 5.41) is 3.96. The van der Waals surface area contributed by atoms with Gasteiger partial charge in [0.2, 0.25) is 0 Å². The highest BCUT2D eigenvalue weighted by atomic mass is 16.5. The average molecular weight is 353 g/mol. The summed E-state index contributed by atoms with van der Waals surface area (Å²) in [6.07, 6.45) is 19.4. The predicted molar refractivity (Wildman–Crippen MR) is 105 cm³/mol. The number of nitrogens with zero attached hydrogens (tertiary/aromatic N) is 1. The molecule has 25 heavy (non-hydrogen) atoms. The Morgan fingerprint density at radius 3 is 1.68 bits per heavy atom. The highest BCUT2D eigenvalue weighted by Crippen LogP contribution is 2.34. The van der Waals surface area contributed by atoms with Gasteiger partial charge in [-0.15, -0.1) is 0 Å². The Labute approximate surface area is 154 Å². The van der Waals surface area contributed by atoms with Crippen LogP contribution in [0.5, 0.6) is 0 Å². The summed E-state index contributed by atoms with van der Waals surface area (Å²) in [5.41, 5.74) is -0.0232. The summed E-state index contributed by atoms with van der Waals surface area (Å²) in [5.74, 6) is 0.307. The van der Waals surface area contributed by atoms with Crippen molar-refractivity contribution >= 4 is 0 Å². The van der Waals surface area contributed by atoms with Gasteiger partial charge in [0.05, 0.1) is 0 Å². The Morgan fingerprint density at radius 1 is 0.800 bits per heavy atom. The van der Waals surface area contributed by atoms with Crippen LogP contribution in [0, 0.1) is 0 Å². The Bertz CT molecular complexity index is 474. The third-order valence-electron chi connectivity index (χ3n) is 5.81. The molecule has 1 rings (SSSR count). The van der Waals surface area contributed by atoms with Crippen molar-refractivity contribution in [2.75, 3.05) is 0 Å². The van der Waals surface area contributed by atoms with E-state index in [9.17, 15) is 4.79 Å². The molecule has 4 heteroatoms. The molecule has 146 valence electrons. The second kappa shape index (κ2) is 13.2. The average Bonchev–Trinajstić information content (AvgIpc) is 3.06. The van der Waals surface area contributed by atoms with Crippen LogP contribution in [0.3, 0.4) is 0 Å². The minimum Gasteiger partial charge on any atom is -0.296 e. The molecular formula is C21H40N2O2. The molecule has 0 unspecified atom stereocenters. The van der Waals surface area contributed by atoms with Crippen LogP contribution in [0.4, 0.5) is 0 Å². The van der Waals surface area contributed by atoms with E-state index in [0.717, 1.165) is 25.1 Å². The molecule has 0 spiro atoms. The maximum absolute atomic E-state index is 11.3. The second-order valence-corrected chi connectivity index (χ2v) is 7.57. The summed E-state index contributed by atoms with van der Waals surface area (Å²) in [6, 6.07) is 0. The largest absolute Gasteiger partial charge is 0.438 e. The van der Waals surface area contributed by atoms with Gasteiger partial charge in [-0.2, -0.15) is 0 Å². The van der Waals surface area contributed by atoms with Gasteiger partial charge in [-0.1, -0.05) is 103 Å². The first-order valence-corrected chi connectivity index (χ1v) is 10.7. The first-order valence-electron chi connectivity index (χ1n) is 10.7. The van der Waals surface area contributed by atoms with Crippen molar-refractivity contribution in [1.82, 2.24) is 10.1 Å². The molecule has 0 radical (unpaired) electrons. The van der Waals surface area contributed by atoms with E-state index in [4.69, 9.17) is 4.52 Å². The Balaban J connectivity index is 2.10. The Kier molecular flexibility index (Phi) is 11.6. The van der Waals surface area contributed by atoms with Crippen molar-refractivity contribution in [3.05, 3.63) is 16.4 Å². The van der Waals surface area contributed by atoms with Crippen molar-refractivity contribution in [2.45, 2.75) is 122 Å². The van der Waals surface area contributed by atoms with Gasteiger partial charge in [-0.05, 0) is 19.3 Å². The van der Waals surface area contributed by atoms with Crippen molar-refractivity contribution < 1.29 is 4.52 Å². The van der Waals surface area contributed by atoms with Gasteiger partial charge < -0.3 is 0 Å². The lowest BCUT2D eigenvalue weighted by atomic mass is 9.77. The smallest absolute Gasteiger partial charge is 0.296 e. The van der Waals surface area contributed by atoms with Gasteiger partial charge in [0.15, 0.2) is 5.82 Å². The SMILES string of the molecule is CCCCCCCCCCCCCCC(CC)(CC)c1noc(=O)[nH]1. The van der Waals surface area contributed by atoms with E-state index in [1.807, 2.05) is 0 Å². The summed E-state index contributed by atoms with van der Waals surface area (Å²) in [7, 11) is 0. The van der Waals surface area contributed by atoms with E-state index in [0.29, 0.717) is 0 Å². The van der Waals surface area contributed by atoms with Crippen molar-refractivity contribution in [3.63, 3.8) is 0 Å². The number of aromatic amines is 1. The quantitative estimate of drug-likeness (QED) is 0.345. The van der Waals surface area contributed by atoms with Gasteiger partial charge in [0.25, 0.3) is 0 Å². The molecule has 0 fully saturated rings. The van der Waals surface area contributed by atoms with Gasteiger partial charge in [0, 0.05) is 5.41 Å². The van der Waals surface area contributed by atoms with E-state index in [2.05, 4.69) is 30.9 Å². The number of hydrogen-bond acceptors (Lipinski definition) is 3. The molecule has 1 aromatic heterocycles. The van der Waals surface area contributed by atoms with Gasteiger partial charge >= 0.3 is 5.76 Å². The monoisotopic (exact) mass is 352 g/mol. The maximum Gasteiger partial charge on any atom is 0.438 e. The third kappa shape index (κ3) is 8.24. The van der Waals surface area contributed by atoms with E-state index < -0.39 is 5.76 Å². The number of nitrogens with one attached hydrogen (secondary N) is 1. The minimum atomic E-state index is -0.434. The van der Waals surface area contributed by atoms with Crippen LogP contribution < -0.4 is 5.76 Å². The highest BCUT2D eigenvalue weighted by molar-refractivity contribution is 5.04. The molecule has 1 heterocycles. The molecule has 0 aliphatic rings. The molecule has 0 bridgehead atoms. The molecule has 0 atom stereocenters. The molecule has 0 aliphatic carbocycles. The molecule has 0 aromatic carbocycles. The lowest BCUT2D eigenvalue weighted by molar-refractivity contribution is 0.305. The number of hydrogen-bond donors (Lipinski definition) is 1. The van der Waals surface area contributed by atoms with E-state index in [1.54, 1.807) is 0 Å². The molecule has 0 saturated carbocycles. The van der Waals surface area contributed by atoms with Crippen molar-refractivity contribution in [1.29, 1.82) is 0 Å². The summed E-state index contributed by atoms with van der Waals surface area (Å²) >= 11 is 0. The van der Waals surface area contributed by atoms with Crippen molar-refractivity contribution in [2.24, 2.45) is 0 Å². The number of rotatable bonds is 16. The van der Waals surface area contributed by atoms with E-state index in [-0.39, 0.29) is 5.41 Å². The normalized spacial score (nSPS) is 12.0. The summed E-state index contributed by atoms with van der Waals surface area (Å²) < 4.78 is 4.73.